The largest absolute Gasteiger partial charge is 0.324 e. The van der Waals surface area contributed by atoms with Crippen molar-refractivity contribution in [3.63, 3.8) is 0 Å². The molecule has 1 N–H and O–H groups in total. The van der Waals surface area contributed by atoms with Gasteiger partial charge in [-0.1, -0.05) is 17.4 Å². The number of hydrogen-bond donors (Lipinski definition) is 1. The maximum absolute atomic E-state index is 10.3. The summed E-state index contributed by atoms with van der Waals surface area (Å²) in [6.07, 6.45) is 1.75. The zero-order valence-corrected chi connectivity index (χ0v) is 7.84. The lowest BCUT2D eigenvalue weighted by molar-refractivity contribution is -0.380. The van der Waals surface area contributed by atoms with Crippen molar-refractivity contribution in [2.45, 2.75) is 6.54 Å². The van der Waals surface area contributed by atoms with Gasteiger partial charge in [0.15, 0.2) is 0 Å². The fourth-order valence-electron chi connectivity index (χ4n) is 0.857. The summed E-state index contributed by atoms with van der Waals surface area (Å²) in [5.74, 6) is 0. The van der Waals surface area contributed by atoms with Crippen molar-refractivity contribution < 1.29 is 4.92 Å². The standard InChI is InChI=1S/C8H10N2O2S/c1-2-5-9-6-7-3-4-8(13-7)10(11)12/h2-4,9H,1,5-6H2. The smallest absolute Gasteiger partial charge is 0.308 e. The molecule has 0 unspecified atom stereocenters. The Balaban J connectivity index is 2.49. The normalized spacial score (nSPS) is 9.85. The van der Waals surface area contributed by atoms with E-state index in [4.69, 9.17) is 0 Å². The van der Waals surface area contributed by atoms with Crippen molar-refractivity contribution in [3.8, 4) is 0 Å². The van der Waals surface area contributed by atoms with Crippen molar-refractivity contribution in [1.29, 1.82) is 0 Å². The van der Waals surface area contributed by atoms with Crippen LogP contribution in [0.1, 0.15) is 4.88 Å². The second-order valence-corrected chi connectivity index (χ2v) is 3.56. The zero-order valence-electron chi connectivity index (χ0n) is 7.03. The van der Waals surface area contributed by atoms with Crippen LogP contribution >= 0.6 is 11.3 Å². The van der Waals surface area contributed by atoms with Crippen molar-refractivity contribution in [2.75, 3.05) is 6.54 Å². The van der Waals surface area contributed by atoms with Crippen LogP contribution in [0.3, 0.4) is 0 Å². The molecule has 5 heteroatoms. The molecule has 0 bridgehead atoms. The highest BCUT2D eigenvalue weighted by Gasteiger charge is 2.08. The average molecular weight is 198 g/mol. The Labute approximate surface area is 80.0 Å². The number of hydrogen-bond acceptors (Lipinski definition) is 4. The Kier molecular flexibility index (Phi) is 3.60. The van der Waals surface area contributed by atoms with Crippen LogP contribution in [0, 0.1) is 10.1 Å². The van der Waals surface area contributed by atoms with Gasteiger partial charge in [-0.25, -0.2) is 0 Å². The topological polar surface area (TPSA) is 55.2 Å². The molecule has 0 atom stereocenters. The molecule has 0 aliphatic heterocycles. The van der Waals surface area contributed by atoms with Crippen LogP contribution in [0.5, 0.6) is 0 Å². The highest BCUT2D eigenvalue weighted by Crippen LogP contribution is 2.23. The molecule has 0 amide bonds. The van der Waals surface area contributed by atoms with Crippen molar-refractivity contribution in [3.05, 3.63) is 39.8 Å². The highest BCUT2D eigenvalue weighted by atomic mass is 32.1. The highest BCUT2D eigenvalue weighted by molar-refractivity contribution is 7.15. The van der Waals surface area contributed by atoms with Gasteiger partial charge in [0, 0.05) is 24.0 Å². The number of nitro groups is 1. The number of rotatable bonds is 5. The van der Waals surface area contributed by atoms with Gasteiger partial charge in [0.05, 0.1) is 4.92 Å². The van der Waals surface area contributed by atoms with Gasteiger partial charge in [-0.05, 0) is 6.07 Å². The van der Waals surface area contributed by atoms with Crippen molar-refractivity contribution in [2.24, 2.45) is 0 Å². The zero-order chi connectivity index (χ0) is 9.68. The van der Waals surface area contributed by atoms with Gasteiger partial charge in [0.1, 0.15) is 0 Å². The minimum Gasteiger partial charge on any atom is -0.308 e. The molecule has 1 rings (SSSR count). The van der Waals surface area contributed by atoms with Gasteiger partial charge in [0.25, 0.3) is 0 Å². The molecule has 70 valence electrons. The number of thiophene rings is 1. The lowest BCUT2D eigenvalue weighted by Crippen LogP contribution is -2.11. The monoisotopic (exact) mass is 198 g/mol. The summed E-state index contributed by atoms with van der Waals surface area (Å²) in [6.45, 7) is 4.93. The first-order valence-electron chi connectivity index (χ1n) is 3.78. The summed E-state index contributed by atoms with van der Waals surface area (Å²) < 4.78 is 0. The summed E-state index contributed by atoms with van der Waals surface area (Å²) in [4.78, 5) is 10.9. The van der Waals surface area contributed by atoms with Crippen LogP contribution in [0.2, 0.25) is 0 Å². The Morgan fingerprint density at radius 3 is 3.00 bits per heavy atom. The maximum Gasteiger partial charge on any atom is 0.324 e. The molecule has 0 aliphatic rings. The van der Waals surface area contributed by atoms with Gasteiger partial charge in [-0.3, -0.25) is 10.1 Å². The number of nitrogens with zero attached hydrogens (tertiary/aromatic N) is 1. The van der Waals surface area contributed by atoms with Crippen molar-refractivity contribution in [1.82, 2.24) is 5.32 Å². The SMILES string of the molecule is C=CCNCc1ccc([N+](=O)[O-])s1. The molecule has 1 aromatic rings. The van der Waals surface area contributed by atoms with Crippen LogP contribution in [0.25, 0.3) is 0 Å². The summed E-state index contributed by atoms with van der Waals surface area (Å²) >= 11 is 1.20. The van der Waals surface area contributed by atoms with Crippen LogP contribution in [-0.4, -0.2) is 11.5 Å². The lowest BCUT2D eigenvalue weighted by Gasteiger charge is -1.95. The van der Waals surface area contributed by atoms with E-state index in [0.717, 1.165) is 4.88 Å². The first-order valence-corrected chi connectivity index (χ1v) is 4.60. The summed E-state index contributed by atoms with van der Waals surface area (Å²) in [5, 5.41) is 13.6. The Bertz CT molecular complexity index is 309. The Morgan fingerprint density at radius 2 is 2.46 bits per heavy atom. The Morgan fingerprint density at radius 1 is 1.69 bits per heavy atom. The molecule has 0 fully saturated rings. The third kappa shape index (κ3) is 2.96. The fourth-order valence-corrected chi connectivity index (χ4v) is 1.65. The number of nitrogens with one attached hydrogen (secondary N) is 1. The van der Waals surface area contributed by atoms with Gasteiger partial charge in [0.2, 0.25) is 0 Å². The molecule has 4 nitrogen and oxygen atoms in total. The van der Waals surface area contributed by atoms with Crippen LogP contribution in [-0.2, 0) is 6.54 Å². The summed E-state index contributed by atoms with van der Waals surface area (Å²) in [7, 11) is 0. The minimum absolute atomic E-state index is 0.190. The van der Waals surface area contributed by atoms with Gasteiger partial charge in [-0.2, -0.15) is 0 Å². The fraction of sp³-hybridized carbons (Fsp3) is 0.250. The molecule has 0 aliphatic carbocycles. The van der Waals surface area contributed by atoms with Crippen molar-refractivity contribution >= 4 is 16.3 Å². The molecule has 1 aromatic heterocycles. The quantitative estimate of drug-likeness (QED) is 0.340. The van der Waals surface area contributed by atoms with Gasteiger partial charge >= 0.3 is 5.00 Å². The maximum atomic E-state index is 10.3. The molecular weight excluding hydrogens is 188 g/mol. The average Bonchev–Trinajstić information content (AvgIpc) is 2.53. The molecule has 0 radical (unpaired) electrons. The molecule has 0 saturated heterocycles. The minimum atomic E-state index is -0.373. The predicted molar refractivity (Wildman–Crippen MR) is 52.9 cm³/mol. The van der Waals surface area contributed by atoms with E-state index >= 15 is 0 Å². The Hall–Kier alpha value is -1.20. The molecular formula is C8H10N2O2S. The predicted octanol–water partition coefficient (Wildman–Crippen LogP) is 1.93. The second kappa shape index (κ2) is 4.74. The summed E-state index contributed by atoms with van der Waals surface area (Å²) in [6, 6.07) is 3.29. The van der Waals surface area contributed by atoms with E-state index in [0.29, 0.717) is 13.1 Å². The van der Waals surface area contributed by atoms with Crippen LogP contribution in [0.4, 0.5) is 5.00 Å². The molecule has 0 spiro atoms. The van der Waals surface area contributed by atoms with E-state index in [9.17, 15) is 10.1 Å². The van der Waals surface area contributed by atoms with Crippen LogP contribution in [0.15, 0.2) is 24.8 Å². The van der Waals surface area contributed by atoms with E-state index in [-0.39, 0.29) is 9.92 Å². The van der Waals surface area contributed by atoms with E-state index in [1.165, 1.54) is 17.4 Å². The first kappa shape index (κ1) is 9.88. The first-order chi connectivity index (χ1) is 6.24. The third-order valence-electron chi connectivity index (χ3n) is 1.42. The second-order valence-electron chi connectivity index (χ2n) is 2.42. The molecule has 1 heterocycles. The van der Waals surface area contributed by atoms with E-state index < -0.39 is 0 Å². The lowest BCUT2D eigenvalue weighted by atomic mass is 10.4. The van der Waals surface area contributed by atoms with E-state index in [1.807, 2.05) is 0 Å². The molecule has 0 aromatic carbocycles. The van der Waals surface area contributed by atoms with E-state index in [1.54, 1.807) is 12.1 Å². The van der Waals surface area contributed by atoms with Gasteiger partial charge in [-0.15, -0.1) is 6.58 Å². The van der Waals surface area contributed by atoms with E-state index in [2.05, 4.69) is 11.9 Å². The summed E-state index contributed by atoms with van der Waals surface area (Å²) in [5.41, 5.74) is 0. The molecule has 13 heavy (non-hydrogen) atoms. The van der Waals surface area contributed by atoms with Crippen LogP contribution < -0.4 is 5.32 Å². The van der Waals surface area contributed by atoms with Gasteiger partial charge < -0.3 is 5.32 Å². The third-order valence-corrected chi connectivity index (χ3v) is 2.45. The molecule has 0 saturated carbocycles.